The Labute approximate surface area is 178 Å². The molecule has 0 unspecified atom stereocenters. The maximum Gasteiger partial charge on any atom is 0.243 e. The van der Waals surface area contributed by atoms with Gasteiger partial charge in [-0.1, -0.05) is 30.3 Å². The minimum atomic E-state index is -3.42. The van der Waals surface area contributed by atoms with E-state index in [1.54, 1.807) is 48.6 Å². The summed E-state index contributed by atoms with van der Waals surface area (Å²) in [4.78, 5) is 4.56. The molecule has 1 fully saturated rings. The molecule has 3 rings (SSSR count). The molecule has 0 atom stereocenters. The Hall–Kier alpha value is -2.45. The van der Waals surface area contributed by atoms with Crippen molar-refractivity contribution in [1.29, 1.82) is 0 Å². The lowest BCUT2D eigenvalue weighted by molar-refractivity contribution is 0.273. The number of halogens is 1. The second kappa shape index (κ2) is 10.0. The summed E-state index contributed by atoms with van der Waals surface area (Å²) in [6, 6.07) is 13.8. The van der Waals surface area contributed by atoms with E-state index in [-0.39, 0.29) is 5.82 Å². The van der Waals surface area contributed by atoms with Gasteiger partial charge in [0.05, 0.1) is 4.90 Å². The number of aliphatic imine (C=N–C) groups is 1. The number of hydrogen-bond acceptors (Lipinski definition) is 3. The predicted molar refractivity (Wildman–Crippen MR) is 117 cm³/mol. The first-order chi connectivity index (χ1) is 14.4. The summed E-state index contributed by atoms with van der Waals surface area (Å²) < 4.78 is 40.7. The number of sulfonamides is 1. The van der Waals surface area contributed by atoms with Gasteiger partial charge < -0.3 is 10.6 Å². The van der Waals surface area contributed by atoms with Crippen LogP contribution in [0.3, 0.4) is 0 Å². The maximum absolute atomic E-state index is 13.7. The van der Waals surface area contributed by atoms with E-state index >= 15 is 0 Å². The molecule has 6 nitrogen and oxygen atoms in total. The summed E-state index contributed by atoms with van der Waals surface area (Å²) in [5.41, 5.74) is 1.47. The lowest BCUT2D eigenvalue weighted by Gasteiger charge is -2.31. The van der Waals surface area contributed by atoms with Gasteiger partial charge in [0.1, 0.15) is 5.82 Å². The Balaban J connectivity index is 1.46. The average Bonchev–Trinajstić information content (AvgIpc) is 2.77. The molecule has 1 heterocycles. The molecule has 2 aromatic rings. The number of rotatable bonds is 6. The third-order valence-corrected chi connectivity index (χ3v) is 7.35. The van der Waals surface area contributed by atoms with Gasteiger partial charge in [-0.15, -0.1) is 0 Å². The number of hydrogen-bond donors (Lipinski definition) is 2. The Morgan fingerprint density at radius 2 is 1.83 bits per heavy atom. The monoisotopic (exact) mass is 432 g/mol. The quantitative estimate of drug-likeness (QED) is 0.544. The molecule has 0 amide bonds. The number of aryl methyl sites for hydroxylation is 1. The number of nitrogens with one attached hydrogen (secondary N) is 2. The van der Waals surface area contributed by atoms with Crippen LogP contribution in [-0.4, -0.2) is 45.4 Å². The number of guanidine groups is 1. The van der Waals surface area contributed by atoms with Crippen LogP contribution in [0.1, 0.15) is 24.0 Å². The van der Waals surface area contributed by atoms with E-state index in [4.69, 9.17) is 0 Å². The highest BCUT2D eigenvalue weighted by molar-refractivity contribution is 7.89. The van der Waals surface area contributed by atoms with Crippen molar-refractivity contribution in [3.8, 4) is 0 Å². The standard InChI is InChI=1S/C22H29FN4O2S/c1-17-8-9-19(14-21(17)23)16-26-22(24-2)25-15-18-10-12-27(13-11-18)30(28,29)20-6-4-3-5-7-20/h3-9,14,18H,10-13,15-16H2,1-2H3,(H2,24,25,26). The van der Waals surface area contributed by atoms with E-state index in [1.807, 2.05) is 12.1 Å². The van der Waals surface area contributed by atoms with E-state index in [0.29, 0.717) is 48.5 Å². The fourth-order valence-electron chi connectivity index (χ4n) is 3.49. The molecule has 30 heavy (non-hydrogen) atoms. The summed E-state index contributed by atoms with van der Waals surface area (Å²) in [5, 5.41) is 6.49. The van der Waals surface area contributed by atoms with E-state index in [1.165, 1.54) is 6.07 Å². The maximum atomic E-state index is 13.7. The molecule has 0 spiro atoms. The molecule has 1 aliphatic rings. The molecular weight excluding hydrogens is 403 g/mol. The third kappa shape index (κ3) is 5.58. The Morgan fingerprint density at radius 1 is 1.13 bits per heavy atom. The number of benzene rings is 2. The van der Waals surface area contributed by atoms with Crippen molar-refractivity contribution < 1.29 is 12.8 Å². The molecule has 1 saturated heterocycles. The minimum absolute atomic E-state index is 0.213. The largest absolute Gasteiger partial charge is 0.356 e. The van der Waals surface area contributed by atoms with Gasteiger partial charge >= 0.3 is 0 Å². The zero-order chi connectivity index (χ0) is 21.6. The van der Waals surface area contributed by atoms with E-state index < -0.39 is 10.0 Å². The molecule has 0 bridgehead atoms. The van der Waals surface area contributed by atoms with Crippen LogP contribution in [0.4, 0.5) is 4.39 Å². The fourth-order valence-corrected chi connectivity index (χ4v) is 4.98. The first-order valence-electron chi connectivity index (χ1n) is 10.1. The highest BCUT2D eigenvalue weighted by atomic mass is 32.2. The van der Waals surface area contributed by atoms with Gasteiger partial charge in [-0.3, -0.25) is 4.99 Å². The Bertz CT molecular complexity index is 972. The number of piperidine rings is 1. The normalized spacial score (nSPS) is 16.4. The molecule has 0 radical (unpaired) electrons. The van der Waals surface area contributed by atoms with Crippen LogP contribution in [0.2, 0.25) is 0 Å². The lowest BCUT2D eigenvalue weighted by Crippen LogP contribution is -2.44. The number of nitrogens with zero attached hydrogens (tertiary/aromatic N) is 2. The summed E-state index contributed by atoms with van der Waals surface area (Å²) >= 11 is 0. The zero-order valence-electron chi connectivity index (χ0n) is 17.4. The van der Waals surface area contributed by atoms with Crippen LogP contribution in [0.25, 0.3) is 0 Å². The smallest absolute Gasteiger partial charge is 0.243 e. The first kappa shape index (κ1) is 22.2. The minimum Gasteiger partial charge on any atom is -0.356 e. The van der Waals surface area contributed by atoms with Crippen molar-refractivity contribution in [3.63, 3.8) is 0 Å². The molecule has 0 aromatic heterocycles. The van der Waals surface area contributed by atoms with Crippen molar-refractivity contribution in [2.75, 3.05) is 26.7 Å². The Kier molecular flexibility index (Phi) is 7.44. The van der Waals surface area contributed by atoms with Crippen LogP contribution in [0.15, 0.2) is 58.4 Å². The lowest BCUT2D eigenvalue weighted by atomic mass is 9.98. The highest BCUT2D eigenvalue weighted by Crippen LogP contribution is 2.23. The van der Waals surface area contributed by atoms with Gasteiger partial charge in [-0.05, 0) is 55.0 Å². The fraction of sp³-hybridized carbons (Fsp3) is 0.409. The third-order valence-electron chi connectivity index (χ3n) is 5.43. The molecular formula is C22H29FN4O2S. The summed E-state index contributed by atoms with van der Waals surface area (Å²) in [5.74, 6) is 0.798. The first-order valence-corrected chi connectivity index (χ1v) is 11.6. The van der Waals surface area contributed by atoms with Crippen molar-refractivity contribution >= 4 is 16.0 Å². The van der Waals surface area contributed by atoms with Crippen molar-refractivity contribution in [1.82, 2.24) is 14.9 Å². The predicted octanol–water partition coefficient (Wildman–Crippen LogP) is 2.90. The van der Waals surface area contributed by atoms with Crippen LogP contribution in [0.5, 0.6) is 0 Å². The van der Waals surface area contributed by atoms with Gasteiger partial charge in [-0.25, -0.2) is 12.8 Å². The molecule has 2 aromatic carbocycles. The van der Waals surface area contributed by atoms with E-state index in [0.717, 1.165) is 18.4 Å². The molecule has 0 aliphatic carbocycles. The second-order valence-corrected chi connectivity index (χ2v) is 9.49. The topological polar surface area (TPSA) is 73.8 Å². The van der Waals surface area contributed by atoms with Crippen LogP contribution in [-0.2, 0) is 16.6 Å². The molecule has 8 heteroatoms. The summed E-state index contributed by atoms with van der Waals surface area (Å²) in [6.45, 7) is 3.95. The van der Waals surface area contributed by atoms with Gasteiger partial charge in [-0.2, -0.15) is 4.31 Å². The van der Waals surface area contributed by atoms with Gasteiger partial charge in [0.25, 0.3) is 0 Å². The van der Waals surface area contributed by atoms with Crippen molar-refractivity contribution in [2.45, 2.75) is 31.2 Å². The van der Waals surface area contributed by atoms with Crippen molar-refractivity contribution in [3.05, 3.63) is 65.5 Å². The molecule has 0 saturated carbocycles. The molecule has 1 aliphatic heterocycles. The van der Waals surface area contributed by atoms with Gasteiger partial charge in [0.2, 0.25) is 10.0 Å². The van der Waals surface area contributed by atoms with E-state index in [9.17, 15) is 12.8 Å². The summed E-state index contributed by atoms with van der Waals surface area (Å²) in [7, 11) is -1.73. The Morgan fingerprint density at radius 3 is 2.47 bits per heavy atom. The van der Waals surface area contributed by atoms with E-state index in [2.05, 4.69) is 15.6 Å². The average molecular weight is 433 g/mol. The van der Waals surface area contributed by atoms with Crippen molar-refractivity contribution in [2.24, 2.45) is 10.9 Å². The van der Waals surface area contributed by atoms with Crippen LogP contribution < -0.4 is 10.6 Å². The highest BCUT2D eigenvalue weighted by Gasteiger charge is 2.29. The zero-order valence-corrected chi connectivity index (χ0v) is 18.3. The van der Waals surface area contributed by atoms with Crippen LogP contribution >= 0.6 is 0 Å². The summed E-state index contributed by atoms with van der Waals surface area (Å²) in [6.07, 6.45) is 1.58. The molecule has 162 valence electrons. The van der Waals surface area contributed by atoms with Crippen LogP contribution in [0, 0.1) is 18.7 Å². The second-order valence-electron chi connectivity index (χ2n) is 7.55. The van der Waals surface area contributed by atoms with Gasteiger partial charge in [0, 0.05) is 33.2 Å². The van der Waals surface area contributed by atoms with Gasteiger partial charge in [0.15, 0.2) is 5.96 Å². The molecule has 2 N–H and O–H groups in total. The SMILES string of the molecule is CN=C(NCc1ccc(C)c(F)c1)NCC1CCN(S(=O)(=O)c2ccccc2)CC1.